The van der Waals surface area contributed by atoms with Crippen molar-refractivity contribution in [2.45, 2.75) is 6.23 Å². The van der Waals surface area contributed by atoms with Gasteiger partial charge in [-0.1, -0.05) is 0 Å². The number of morpholine rings is 1. The van der Waals surface area contributed by atoms with E-state index < -0.39 is 0 Å². The Morgan fingerprint density at radius 3 is 3.00 bits per heavy atom. The van der Waals surface area contributed by atoms with Gasteiger partial charge in [0.05, 0.1) is 13.2 Å². The molecule has 1 saturated heterocycles. The van der Waals surface area contributed by atoms with Crippen LogP contribution in [-0.2, 0) is 9.47 Å². The summed E-state index contributed by atoms with van der Waals surface area (Å²) >= 11 is 0. The van der Waals surface area contributed by atoms with Gasteiger partial charge in [0.2, 0.25) is 0 Å². The number of nitrogens with one attached hydrogen (secondary N) is 1. The number of rotatable bonds is 1. The molecule has 1 aliphatic heterocycles. The molecule has 0 aliphatic carbocycles. The Morgan fingerprint density at radius 1 is 1.75 bits per heavy atom. The first-order chi connectivity index (χ1) is 3.93. The van der Waals surface area contributed by atoms with Gasteiger partial charge in [-0.2, -0.15) is 0 Å². The smallest absolute Gasteiger partial charge is 0.131 e. The zero-order chi connectivity index (χ0) is 5.82. The van der Waals surface area contributed by atoms with E-state index in [1.165, 1.54) is 0 Å². The quantitative estimate of drug-likeness (QED) is 0.506. The van der Waals surface area contributed by atoms with Gasteiger partial charge in [0.25, 0.3) is 0 Å². The van der Waals surface area contributed by atoms with Crippen LogP contribution in [0.2, 0.25) is 0 Å². The zero-order valence-electron chi connectivity index (χ0n) is 5.02. The second-order valence-electron chi connectivity index (χ2n) is 1.75. The molecule has 0 aromatic carbocycles. The van der Waals surface area contributed by atoms with Gasteiger partial charge in [0, 0.05) is 13.7 Å². The fraction of sp³-hybridized carbons (Fsp3) is 1.00. The highest BCUT2D eigenvalue weighted by molar-refractivity contribution is 4.58. The summed E-state index contributed by atoms with van der Waals surface area (Å²) in [4.78, 5) is 0. The van der Waals surface area contributed by atoms with Crippen molar-refractivity contribution in [3.63, 3.8) is 0 Å². The van der Waals surface area contributed by atoms with E-state index in [4.69, 9.17) is 9.47 Å². The molecule has 8 heavy (non-hydrogen) atoms. The maximum Gasteiger partial charge on any atom is 0.131 e. The van der Waals surface area contributed by atoms with Crippen molar-refractivity contribution in [3.05, 3.63) is 0 Å². The monoisotopic (exact) mass is 117 g/mol. The van der Waals surface area contributed by atoms with E-state index in [0.717, 1.165) is 13.2 Å². The third kappa shape index (κ3) is 1.43. The van der Waals surface area contributed by atoms with E-state index in [2.05, 4.69) is 5.32 Å². The van der Waals surface area contributed by atoms with Crippen LogP contribution in [0.4, 0.5) is 0 Å². The minimum Gasteiger partial charge on any atom is -0.376 e. The minimum absolute atomic E-state index is 0.115. The molecule has 3 heteroatoms. The lowest BCUT2D eigenvalue weighted by Gasteiger charge is -2.21. The van der Waals surface area contributed by atoms with Crippen LogP contribution in [0.25, 0.3) is 0 Å². The summed E-state index contributed by atoms with van der Waals surface area (Å²) in [5.41, 5.74) is 0. The molecule has 3 nitrogen and oxygen atoms in total. The third-order valence-electron chi connectivity index (χ3n) is 1.17. The number of methoxy groups -OCH3 is 1. The summed E-state index contributed by atoms with van der Waals surface area (Å²) in [6.07, 6.45) is 0.115. The highest BCUT2D eigenvalue weighted by Gasteiger charge is 2.09. The molecule has 48 valence electrons. The maximum atomic E-state index is 5.09. The van der Waals surface area contributed by atoms with Crippen LogP contribution >= 0.6 is 0 Å². The molecule has 0 aromatic rings. The van der Waals surface area contributed by atoms with E-state index in [0.29, 0.717) is 6.61 Å². The third-order valence-corrected chi connectivity index (χ3v) is 1.17. The molecular weight excluding hydrogens is 106 g/mol. The van der Waals surface area contributed by atoms with E-state index in [-0.39, 0.29) is 6.23 Å². The van der Waals surface area contributed by atoms with Crippen LogP contribution in [0, 0.1) is 0 Å². The summed E-state index contributed by atoms with van der Waals surface area (Å²) in [6, 6.07) is 0. The molecule has 0 bridgehead atoms. The van der Waals surface area contributed by atoms with Gasteiger partial charge in [-0.15, -0.1) is 0 Å². The summed E-state index contributed by atoms with van der Waals surface area (Å²) < 4.78 is 10.0. The van der Waals surface area contributed by atoms with Crippen LogP contribution in [-0.4, -0.2) is 33.1 Å². The van der Waals surface area contributed by atoms with Gasteiger partial charge in [0.15, 0.2) is 0 Å². The fourth-order valence-corrected chi connectivity index (χ4v) is 0.693. The molecule has 1 heterocycles. The number of hydrogen-bond donors (Lipinski definition) is 1. The number of hydrogen-bond acceptors (Lipinski definition) is 3. The first kappa shape index (κ1) is 6.01. The van der Waals surface area contributed by atoms with Gasteiger partial charge in [-0.3, -0.25) is 5.32 Å². The molecule has 1 atom stereocenters. The Kier molecular flexibility index (Phi) is 2.27. The van der Waals surface area contributed by atoms with Crippen LogP contribution in [0.5, 0.6) is 0 Å². The second kappa shape index (κ2) is 3.02. The molecule has 0 spiro atoms. The topological polar surface area (TPSA) is 30.5 Å². The normalized spacial score (nSPS) is 30.4. The first-order valence-corrected chi connectivity index (χ1v) is 2.77. The molecular formula is C5H11NO2. The van der Waals surface area contributed by atoms with Crippen LogP contribution in [0.15, 0.2) is 0 Å². The summed E-state index contributed by atoms with van der Waals surface area (Å²) in [6.45, 7) is 2.38. The van der Waals surface area contributed by atoms with Crippen molar-refractivity contribution in [2.75, 3.05) is 26.9 Å². The molecule has 0 amide bonds. The molecule has 1 N–H and O–H groups in total. The van der Waals surface area contributed by atoms with Gasteiger partial charge in [0.1, 0.15) is 6.23 Å². The highest BCUT2D eigenvalue weighted by atomic mass is 16.5. The van der Waals surface area contributed by atoms with Gasteiger partial charge in [-0.25, -0.2) is 0 Å². The van der Waals surface area contributed by atoms with E-state index in [1.54, 1.807) is 7.11 Å². The summed E-state index contributed by atoms with van der Waals surface area (Å²) in [7, 11) is 1.67. The highest BCUT2D eigenvalue weighted by Crippen LogP contribution is 1.91. The molecule has 0 saturated carbocycles. The Morgan fingerprint density at radius 2 is 2.62 bits per heavy atom. The van der Waals surface area contributed by atoms with E-state index >= 15 is 0 Å². The zero-order valence-corrected chi connectivity index (χ0v) is 5.02. The Bertz CT molecular complexity index is 61.4. The molecule has 0 aromatic heterocycles. The maximum absolute atomic E-state index is 5.09. The van der Waals surface area contributed by atoms with Gasteiger partial charge < -0.3 is 9.47 Å². The van der Waals surface area contributed by atoms with Crippen molar-refractivity contribution in [3.8, 4) is 0 Å². The lowest BCUT2D eigenvalue weighted by molar-refractivity contribution is -0.0403. The Balaban J connectivity index is 2.13. The van der Waals surface area contributed by atoms with E-state index in [1.807, 2.05) is 0 Å². The van der Waals surface area contributed by atoms with Crippen molar-refractivity contribution < 1.29 is 9.47 Å². The van der Waals surface area contributed by atoms with Crippen molar-refractivity contribution in [2.24, 2.45) is 0 Å². The van der Waals surface area contributed by atoms with Crippen LogP contribution in [0.1, 0.15) is 0 Å². The molecule has 0 unspecified atom stereocenters. The van der Waals surface area contributed by atoms with Crippen molar-refractivity contribution >= 4 is 0 Å². The van der Waals surface area contributed by atoms with Crippen LogP contribution < -0.4 is 5.32 Å². The van der Waals surface area contributed by atoms with E-state index in [9.17, 15) is 0 Å². The Labute approximate surface area is 49.0 Å². The SMILES string of the molecule is CO[C@H]1COCCN1. The average molecular weight is 117 g/mol. The summed E-state index contributed by atoms with van der Waals surface area (Å²) in [5.74, 6) is 0. The number of ether oxygens (including phenoxy) is 2. The van der Waals surface area contributed by atoms with Crippen molar-refractivity contribution in [1.82, 2.24) is 5.32 Å². The average Bonchev–Trinajstić information content (AvgIpc) is 1.90. The first-order valence-electron chi connectivity index (χ1n) is 2.77. The van der Waals surface area contributed by atoms with Crippen LogP contribution in [0.3, 0.4) is 0 Å². The van der Waals surface area contributed by atoms with Gasteiger partial charge in [-0.05, 0) is 0 Å². The van der Waals surface area contributed by atoms with Crippen molar-refractivity contribution in [1.29, 1.82) is 0 Å². The van der Waals surface area contributed by atoms with Gasteiger partial charge >= 0.3 is 0 Å². The molecule has 1 rings (SSSR count). The standard InChI is InChI=1S/C5H11NO2/c1-7-5-4-8-3-2-6-5/h5-6H,2-4H2,1H3/t5-/m0/s1. The lowest BCUT2D eigenvalue weighted by Crippen LogP contribution is -2.42. The fourth-order valence-electron chi connectivity index (χ4n) is 0.693. The largest absolute Gasteiger partial charge is 0.376 e. The minimum atomic E-state index is 0.115. The summed E-state index contributed by atoms with van der Waals surface area (Å²) in [5, 5.41) is 3.12. The second-order valence-corrected chi connectivity index (χ2v) is 1.75. The predicted octanol–water partition coefficient (Wildman–Crippen LogP) is -0.421. The molecule has 0 radical (unpaired) electrons. The lowest BCUT2D eigenvalue weighted by atomic mass is 10.5. The molecule has 1 aliphatic rings. The Hall–Kier alpha value is -0.120. The predicted molar refractivity (Wildman–Crippen MR) is 29.6 cm³/mol. The molecule has 1 fully saturated rings.